The van der Waals surface area contributed by atoms with E-state index >= 15 is 0 Å². The lowest BCUT2D eigenvalue weighted by molar-refractivity contribution is 0.00407. The molecule has 3 rings (SSSR count). The van der Waals surface area contributed by atoms with Crippen LogP contribution in [0.4, 0.5) is 0 Å². The summed E-state index contributed by atoms with van der Waals surface area (Å²) in [5, 5.41) is 20.3. The number of hydrogen-bond acceptors (Lipinski definition) is 2. The summed E-state index contributed by atoms with van der Waals surface area (Å²) in [4.78, 5) is 0. The van der Waals surface area contributed by atoms with E-state index in [1.165, 1.54) is 44.1 Å². The van der Waals surface area contributed by atoms with E-state index < -0.39 is 12.2 Å². The molecular weight excluding hydrogens is 308 g/mol. The fourth-order valence-corrected chi connectivity index (χ4v) is 6.11. The molecule has 0 spiro atoms. The standard InChI is InChI=1S/C23H38O2/c1-5-15(2)19-10-11-20-18(7-6-12-23(19,20)4)9-8-17-13-21(24)16(3)22(25)14-17/h8-9,15-16,19-22,24-25H,5-7,10-14H2,1-4H3/b17-8?,18-9+/t15?,16?,19?,20-,21+,22?,23?/m0/s1. The molecule has 0 aromatic carbocycles. The van der Waals surface area contributed by atoms with E-state index in [2.05, 4.69) is 32.9 Å². The van der Waals surface area contributed by atoms with Gasteiger partial charge in [-0.25, -0.2) is 0 Å². The van der Waals surface area contributed by atoms with E-state index in [0.717, 1.165) is 30.6 Å². The molecule has 0 aromatic rings. The lowest BCUT2D eigenvalue weighted by Gasteiger charge is -2.44. The second-order valence-corrected chi connectivity index (χ2v) is 9.45. The molecule has 0 radical (unpaired) electrons. The van der Waals surface area contributed by atoms with Crippen molar-refractivity contribution >= 4 is 0 Å². The molecule has 0 saturated heterocycles. The van der Waals surface area contributed by atoms with Gasteiger partial charge in [-0.15, -0.1) is 0 Å². The fraction of sp³-hybridized carbons (Fsp3) is 0.826. The number of aliphatic hydroxyl groups excluding tert-OH is 2. The summed E-state index contributed by atoms with van der Waals surface area (Å²) in [5.41, 5.74) is 3.34. The van der Waals surface area contributed by atoms with Crippen molar-refractivity contribution in [2.45, 2.75) is 91.3 Å². The van der Waals surface area contributed by atoms with Crippen LogP contribution in [0.25, 0.3) is 0 Å². The molecule has 3 aliphatic carbocycles. The maximum absolute atomic E-state index is 10.1. The second-order valence-electron chi connectivity index (χ2n) is 9.45. The Morgan fingerprint density at radius 3 is 2.48 bits per heavy atom. The van der Waals surface area contributed by atoms with Gasteiger partial charge in [-0.3, -0.25) is 0 Å². The normalized spacial score (nSPS) is 46.4. The predicted octanol–water partition coefficient (Wildman–Crippen LogP) is 5.25. The summed E-state index contributed by atoms with van der Waals surface area (Å²) in [5.74, 6) is 2.44. The highest BCUT2D eigenvalue weighted by atomic mass is 16.3. The van der Waals surface area contributed by atoms with E-state index in [-0.39, 0.29) is 5.92 Å². The molecule has 5 unspecified atom stereocenters. The summed E-state index contributed by atoms with van der Waals surface area (Å²) in [6, 6.07) is 0. The van der Waals surface area contributed by atoms with Crippen LogP contribution in [0.1, 0.15) is 79.1 Å². The molecule has 0 amide bonds. The number of allylic oxidation sites excluding steroid dienone is 3. The second kappa shape index (κ2) is 7.56. The van der Waals surface area contributed by atoms with Crippen LogP contribution in [0.15, 0.2) is 23.3 Å². The summed E-state index contributed by atoms with van der Waals surface area (Å²) in [7, 11) is 0. The van der Waals surface area contributed by atoms with Crippen LogP contribution in [0, 0.1) is 29.1 Å². The number of aliphatic hydroxyl groups is 2. The molecule has 142 valence electrons. The summed E-state index contributed by atoms with van der Waals surface area (Å²) in [6.07, 6.45) is 13.2. The van der Waals surface area contributed by atoms with Crippen molar-refractivity contribution in [3.05, 3.63) is 23.3 Å². The molecular formula is C23H38O2. The van der Waals surface area contributed by atoms with Gasteiger partial charge in [-0.1, -0.05) is 57.4 Å². The van der Waals surface area contributed by atoms with Gasteiger partial charge in [0.05, 0.1) is 12.2 Å². The van der Waals surface area contributed by atoms with Crippen LogP contribution < -0.4 is 0 Å². The third kappa shape index (κ3) is 3.62. The third-order valence-electron chi connectivity index (χ3n) is 8.06. The van der Waals surface area contributed by atoms with Crippen molar-refractivity contribution in [3.63, 3.8) is 0 Å². The van der Waals surface area contributed by atoms with Gasteiger partial charge in [0.25, 0.3) is 0 Å². The SMILES string of the molecule is CCC(C)C1CC[C@H]2/C(=C/C=C3CC(O)C(C)[C@H](O)C3)CCCC12C. The monoisotopic (exact) mass is 346 g/mol. The molecule has 0 bridgehead atoms. The average molecular weight is 347 g/mol. The van der Waals surface area contributed by atoms with Gasteiger partial charge < -0.3 is 10.2 Å². The van der Waals surface area contributed by atoms with E-state index in [1.807, 2.05) is 6.92 Å². The third-order valence-corrected chi connectivity index (χ3v) is 8.06. The highest BCUT2D eigenvalue weighted by Crippen LogP contribution is 2.59. The highest BCUT2D eigenvalue weighted by molar-refractivity contribution is 5.26. The Balaban J connectivity index is 1.77. The van der Waals surface area contributed by atoms with Crippen molar-refractivity contribution in [1.29, 1.82) is 0 Å². The zero-order valence-corrected chi connectivity index (χ0v) is 16.7. The Morgan fingerprint density at radius 1 is 1.16 bits per heavy atom. The Morgan fingerprint density at radius 2 is 1.84 bits per heavy atom. The first-order valence-corrected chi connectivity index (χ1v) is 10.6. The molecule has 0 aliphatic heterocycles. The van der Waals surface area contributed by atoms with Crippen LogP contribution in [-0.2, 0) is 0 Å². The lowest BCUT2D eigenvalue weighted by atomic mass is 9.61. The molecule has 2 nitrogen and oxygen atoms in total. The fourth-order valence-electron chi connectivity index (χ4n) is 6.11. The first kappa shape index (κ1) is 19.2. The van der Waals surface area contributed by atoms with Crippen molar-refractivity contribution in [2.75, 3.05) is 0 Å². The van der Waals surface area contributed by atoms with Crippen LogP contribution in [-0.4, -0.2) is 22.4 Å². The molecule has 3 aliphatic rings. The van der Waals surface area contributed by atoms with Crippen molar-refractivity contribution < 1.29 is 10.2 Å². The van der Waals surface area contributed by atoms with Crippen LogP contribution in [0.2, 0.25) is 0 Å². The summed E-state index contributed by atoms with van der Waals surface area (Å²) in [6.45, 7) is 9.29. The van der Waals surface area contributed by atoms with Gasteiger partial charge in [0.15, 0.2) is 0 Å². The van der Waals surface area contributed by atoms with E-state index in [4.69, 9.17) is 0 Å². The predicted molar refractivity (Wildman–Crippen MR) is 104 cm³/mol. The topological polar surface area (TPSA) is 40.5 Å². The molecule has 3 fully saturated rings. The number of hydrogen-bond donors (Lipinski definition) is 2. The minimum absolute atomic E-state index is 0.00565. The Hall–Kier alpha value is -0.600. The van der Waals surface area contributed by atoms with Gasteiger partial charge in [-0.2, -0.15) is 0 Å². The molecule has 25 heavy (non-hydrogen) atoms. The Bertz CT molecular complexity index is 520. The van der Waals surface area contributed by atoms with Crippen molar-refractivity contribution in [2.24, 2.45) is 29.1 Å². The average Bonchev–Trinajstić information content (AvgIpc) is 2.94. The first-order valence-electron chi connectivity index (χ1n) is 10.6. The summed E-state index contributed by atoms with van der Waals surface area (Å²) < 4.78 is 0. The largest absolute Gasteiger partial charge is 0.392 e. The zero-order valence-electron chi connectivity index (χ0n) is 16.7. The van der Waals surface area contributed by atoms with E-state index in [9.17, 15) is 10.2 Å². The highest BCUT2D eigenvalue weighted by Gasteiger charge is 2.50. The maximum atomic E-state index is 10.1. The van der Waals surface area contributed by atoms with Gasteiger partial charge in [-0.05, 0) is 68.1 Å². The quantitative estimate of drug-likeness (QED) is 0.732. The minimum atomic E-state index is -0.397. The molecule has 0 aromatic heterocycles. The molecule has 7 atom stereocenters. The summed E-state index contributed by atoms with van der Waals surface area (Å²) >= 11 is 0. The van der Waals surface area contributed by atoms with Crippen LogP contribution in [0.5, 0.6) is 0 Å². The molecule has 0 heterocycles. The number of rotatable bonds is 3. The Labute approximate surface area is 154 Å². The molecule has 2 N–H and O–H groups in total. The van der Waals surface area contributed by atoms with E-state index in [0.29, 0.717) is 5.41 Å². The first-order chi connectivity index (χ1) is 11.9. The van der Waals surface area contributed by atoms with Gasteiger partial charge in [0, 0.05) is 5.92 Å². The van der Waals surface area contributed by atoms with Gasteiger partial charge in [0.2, 0.25) is 0 Å². The molecule has 2 heteroatoms. The smallest absolute Gasteiger partial charge is 0.0627 e. The zero-order chi connectivity index (χ0) is 18.2. The van der Waals surface area contributed by atoms with Crippen molar-refractivity contribution in [1.82, 2.24) is 0 Å². The van der Waals surface area contributed by atoms with Crippen molar-refractivity contribution in [3.8, 4) is 0 Å². The molecule has 3 saturated carbocycles. The van der Waals surface area contributed by atoms with Crippen LogP contribution >= 0.6 is 0 Å². The van der Waals surface area contributed by atoms with E-state index in [1.54, 1.807) is 5.57 Å². The minimum Gasteiger partial charge on any atom is -0.392 e. The van der Waals surface area contributed by atoms with Gasteiger partial charge >= 0.3 is 0 Å². The lowest BCUT2D eigenvalue weighted by Crippen LogP contribution is -2.36. The van der Waals surface area contributed by atoms with Crippen LogP contribution in [0.3, 0.4) is 0 Å². The Kier molecular flexibility index (Phi) is 5.80. The number of fused-ring (bicyclic) bond motifs is 1. The maximum Gasteiger partial charge on any atom is 0.0627 e. The van der Waals surface area contributed by atoms with Gasteiger partial charge in [0.1, 0.15) is 0 Å².